The molecule has 112 valence electrons. The second kappa shape index (κ2) is 9.29. The van der Waals surface area contributed by atoms with Gasteiger partial charge in [-0.05, 0) is 37.5 Å². The molecule has 1 unspecified atom stereocenters. The van der Waals surface area contributed by atoms with Crippen molar-refractivity contribution in [2.75, 3.05) is 0 Å². The molecule has 0 fully saturated rings. The van der Waals surface area contributed by atoms with Crippen LogP contribution in [0.3, 0.4) is 0 Å². The van der Waals surface area contributed by atoms with Gasteiger partial charge in [-0.25, -0.2) is 8.78 Å². The van der Waals surface area contributed by atoms with Gasteiger partial charge in [0.05, 0.1) is 0 Å². The lowest BCUT2D eigenvalue weighted by Gasteiger charge is -2.12. The Labute approximate surface area is 121 Å². The van der Waals surface area contributed by atoms with E-state index in [1.807, 2.05) is 19.1 Å². The number of hydrogen-bond acceptors (Lipinski definition) is 1. The van der Waals surface area contributed by atoms with Crippen molar-refractivity contribution in [2.24, 2.45) is 11.7 Å². The standard InChI is InChI=1S/C17H25F2N/c1-5-9-15(13-20)14(3)11-7-8-12-16(10-6-2)17(4,18)19/h5-6,8-10,12-14H,2,7,11,20H2,1,3-4H3/b9-5-,12-8-,15-13+,16-10+. The maximum Gasteiger partial charge on any atom is 0.270 e. The first-order chi connectivity index (χ1) is 9.36. The van der Waals surface area contributed by atoms with Gasteiger partial charge < -0.3 is 5.73 Å². The summed E-state index contributed by atoms with van der Waals surface area (Å²) in [4.78, 5) is 0. The normalized spacial score (nSPS) is 16.1. The van der Waals surface area contributed by atoms with E-state index in [9.17, 15) is 8.78 Å². The predicted octanol–water partition coefficient (Wildman–Crippen LogP) is 5.15. The third-order valence-corrected chi connectivity index (χ3v) is 2.99. The second-order valence-electron chi connectivity index (χ2n) is 4.79. The fraction of sp³-hybridized carbons (Fsp3) is 0.412. The number of hydrogen-bond donors (Lipinski definition) is 1. The molecular weight excluding hydrogens is 256 g/mol. The average molecular weight is 281 g/mol. The first-order valence-corrected chi connectivity index (χ1v) is 6.78. The molecule has 0 aliphatic heterocycles. The van der Waals surface area contributed by atoms with E-state index in [2.05, 4.69) is 13.5 Å². The minimum absolute atomic E-state index is 0.0248. The van der Waals surface area contributed by atoms with Gasteiger partial charge in [0, 0.05) is 12.5 Å². The van der Waals surface area contributed by atoms with Crippen molar-refractivity contribution in [1.29, 1.82) is 0 Å². The number of halogens is 2. The third-order valence-electron chi connectivity index (χ3n) is 2.99. The van der Waals surface area contributed by atoms with E-state index in [4.69, 9.17) is 5.73 Å². The van der Waals surface area contributed by atoms with Crippen LogP contribution in [0.1, 0.15) is 33.6 Å². The summed E-state index contributed by atoms with van der Waals surface area (Å²) < 4.78 is 26.5. The average Bonchev–Trinajstić information content (AvgIpc) is 2.37. The lowest BCUT2D eigenvalue weighted by atomic mass is 9.96. The second-order valence-corrected chi connectivity index (χ2v) is 4.79. The molecule has 1 nitrogen and oxygen atoms in total. The monoisotopic (exact) mass is 281 g/mol. The number of rotatable bonds is 8. The Morgan fingerprint density at radius 2 is 2.00 bits per heavy atom. The summed E-state index contributed by atoms with van der Waals surface area (Å²) in [5.74, 6) is -2.54. The summed E-state index contributed by atoms with van der Waals surface area (Å²) in [6, 6.07) is 0. The van der Waals surface area contributed by atoms with Crippen molar-refractivity contribution in [1.82, 2.24) is 0 Å². The Balaban J connectivity index is 4.52. The van der Waals surface area contributed by atoms with Crippen LogP contribution >= 0.6 is 0 Å². The molecule has 0 rings (SSSR count). The van der Waals surface area contributed by atoms with Crippen molar-refractivity contribution in [3.63, 3.8) is 0 Å². The van der Waals surface area contributed by atoms with E-state index in [0.717, 1.165) is 25.3 Å². The molecule has 0 aliphatic carbocycles. The molecule has 2 N–H and O–H groups in total. The molecule has 0 radical (unpaired) electrons. The number of nitrogens with two attached hydrogens (primary N) is 1. The van der Waals surface area contributed by atoms with Gasteiger partial charge in [0.1, 0.15) is 0 Å². The molecule has 3 heteroatoms. The van der Waals surface area contributed by atoms with Crippen LogP contribution in [0.15, 0.2) is 60.4 Å². The van der Waals surface area contributed by atoms with E-state index in [0.29, 0.717) is 5.92 Å². The smallest absolute Gasteiger partial charge is 0.270 e. The Morgan fingerprint density at radius 3 is 2.45 bits per heavy atom. The van der Waals surface area contributed by atoms with Gasteiger partial charge in [-0.1, -0.05) is 50.0 Å². The van der Waals surface area contributed by atoms with E-state index < -0.39 is 5.92 Å². The molecule has 0 saturated heterocycles. The van der Waals surface area contributed by atoms with Crippen LogP contribution in [0.25, 0.3) is 0 Å². The van der Waals surface area contributed by atoms with Crippen molar-refractivity contribution in [2.45, 2.75) is 39.5 Å². The highest BCUT2D eigenvalue weighted by atomic mass is 19.3. The van der Waals surface area contributed by atoms with Crippen molar-refractivity contribution in [3.05, 3.63) is 60.4 Å². The SMILES string of the molecule is C=C/C=C(\C=C/CCC(C)C(/C=C\C)=C/N)C(C)(F)F. The van der Waals surface area contributed by atoms with Crippen LogP contribution < -0.4 is 5.73 Å². The quantitative estimate of drug-likeness (QED) is 0.612. The Bertz CT molecular complexity index is 409. The molecule has 0 spiro atoms. The number of alkyl halides is 2. The van der Waals surface area contributed by atoms with Crippen LogP contribution in [0.5, 0.6) is 0 Å². The van der Waals surface area contributed by atoms with Crippen LogP contribution in [-0.4, -0.2) is 5.92 Å². The molecule has 0 saturated carbocycles. The molecule has 0 bridgehead atoms. The van der Waals surface area contributed by atoms with E-state index in [-0.39, 0.29) is 5.57 Å². The maximum absolute atomic E-state index is 13.2. The molecular formula is C17H25F2N. The number of allylic oxidation sites excluding steroid dienone is 8. The summed E-state index contributed by atoms with van der Waals surface area (Å²) in [6.07, 6.45) is 13.0. The summed E-state index contributed by atoms with van der Waals surface area (Å²) in [7, 11) is 0. The van der Waals surface area contributed by atoms with Gasteiger partial charge in [0.2, 0.25) is 0 Å². The molecule has 20 heavy (non-hydrogen) atoms. The highest BCUT2D eigenvalue weighted by molar-refractivity contribution is 5.29. The summed E-state index contributed by atoms with van der Waals surface area (Å²) >= 11 is 0. The van der Waals surface area contributed by atoms with Crippen LogP contribution in [0.2, 0.25) is 0 Å². The molecule has 0 heterocycles. The fourth-order valence-electron chi connectivity index (χ4n) is 1.77. The summed E-state index contributed by atoms with van der Waals surface area (Å²) in [5, 5.41) is 0. The minimum Gasteiger partial charge on any atom is -0.404 e. The van der Waals surface area contributed by atoms with Gasteiger partial charge in [-0.15, -0.1) is 0 Å². The van der Waals surface area contributed by atoms with Gasteiger partial charge in [0.25, 0.3) is 5.92 Å². The van der Waals surface area contributed by atoms with Gasteiger partial charge in [0.15, 0.2) is 0 Å². The summed E-state index contributed by atoms with van der Waals surface area (Å²) in [5.41, 5.74) is 6.59. The first kappa shape index (κ1) is 18.4. The fourth-order valence-corrected chi connectivity index (χ4v) is 1.77. The molecule has 0 aliphatic rings. The van der Waals surface area contributed by atoms with Crippen LogP contribution in [-0.2, 0) is 0 Å². The van der Waals surface area contributed by atoms with Crippen molar-refractivity contribution < 1.29 is 8.78 Å². The topological polar surface area (TPSA) is 26.0 Å². The van der Waals surface area contributed by atoms with Crippen LogP contribution in [0, 0.1) is 5.92 Å². The zero-order valence-electron chi connectivity index (χ0n) is 12.6. The Morgan fingerprint density at radius 1 is 1.35 bits per heavy atom. The zero-order valence-corrected chi connectivity index (χ0v) is 12.6. The molecule has 0 aromatic carbocycles. The highest BCUT2D eigenvalue weighted by Crippen LogP contribution is 2.25. The largest absolute Gasteiger partial charge is 0.404 e. The Hall–Kier alpha value is -1.64. The van der Waals surface area contributed by atoms with Gasteiger partial charge in [-0.3, -0.25) is 0 Å². The van der Waals surface area contributed by atoms with E-state index in [1.54, 1.807) is 12.3 Å². The molecule has 0 aromatic rings. The van der Waals surface area contributed by atoms with Crippen LogP contribution in [0.4, 0.5) is 8.78 Å². The zero-order chi connectivity index (χ0) is 15.6. The lowest BCUT2D eigenvalue weighted by molar-refractivity contribution is 0.0675. The third kappa shape index (κ3) is 7.07. The maximum atomic E-state index is 13.2. The predicted molar refractivity (Wildman–Crippen MR) is 83.5 cm³/mol. The first-order valence-electron chi connectivity index (χ1n) is 6.78. The van der Waals surface area contributed by atoms with Crippen molar-refractivity contribution in [3.8, 4) is 0 Å². The van der Waals surface area contributed by atoms with Crippen molar-refractivity contribution >= 4 is 0 Å². The Kier molecular flexibility index (Phi) is 8.53. The highest BCUT2D eigenvalue weighted by Gasteiger charge is 2.24. The van der Waals surface area contributed by atoms with Gasteiger partial charge in [-0.2, -0.15) is 0 Å². The molecule has 1 atom stereocenters. The lowest BCUT2D eigenvalue weighted by Crippen LogP contribution is -2.11. The van der Waals surface area contributed by atoms with E-state index >= 15 is 0 Å². The summed E-state index contributed by atoms with van der Waals surface area (Å²) in [6.45, 7) is 8.35. The van der Waals surface area contributed by atoms with E-state index in [1.165, 1.54) is 18.2 Å². The molecule has 0 amide bonds. The molecule has 0 aromatic heterocycles. The minimum atomic E-state index is -2.84. The van der Waals surface area contributed by atoms with Gasteiger partial charge >= 0.3 is 0 Å².